The van der Waals surface area contributed by atoms with Gasteiger partial charge in [0.15, 0.2) is 0 Å². The maximum atomic E-state index is 13.6. The molecule has 6 heteroatoms. The lowest BCUT2D eigenvalue weighted by molar-refractivity contribution is -0.120. The number of nitrogens with zero attached hydrogens (tertiary/aromatic N) is 1. The van der Waals surface area contributed by atoms with E-state index in [1.165, 1.54) is 0 Å². The first-order valence-electron chi connectivity index (χ1n) is 14.2. The lowest BCUT2D eigenvalue weighted by Gasteiger charge is -2.37. The van der Waals surface area contributed by atoms with Crippen molar-refractivity contribution < 1.29 is 4.79 Å². The second-order valence-corrected chi connectivity index (χ2v) is 11.3. The van der Waals surface area contributed by atoms with Crippen LogP contribution in [0.3, 0.4) is 0 Å². The molecule has 0 saturated heterocycles. The molecular formula is C37H31Cl2N3O. The summed E-state index contributed by atoms with van der Waals surface area (Å²) in [5.41, 5.74) is 6.23. The number of hydrogen-bond donors (Lipinski definition) is 2. The van der Waals surface area contributed by atoms with Crippen molar-refractivity contribution >= 4 is 40.0 Å². The molecule has 6 aromatic rings. The minimum Gasteiger partial charge on any atom is -0.349 e. The largest absolute Gasteiger partial charge is 0.349 e. The lowest BCUT2D eigenvalue weighted by Crippen LogP contribution is -2.48. The first-order valence-corrected chi connectivity index (χ1v) is 14.9. The summed E-state index contributed by atoms with van der Waals surface area (Å²) in [7, 11) is 2.00. The number of amides is 1. The van der Waals surface area contributed by atoms with Gasteiger partial charge < -0.3 is 9.88 Å². The Bertz CT molecular complexity index is 1770. The quantitative estimate of drug-likeness (QED) is 0.163. The van der Waals surface area contributed by atoms with E-state index in [9.17, 15) is 4.79 Å². The number of nitrogens with one attached hydrogen (secondary N) is 2. The van der Waals surface area contributed by atoms with Crippen molar-refractivity contribution in [3.8, 4) is 11.1 Å². The summed E-state index contributed by atoms with van der Waals surface area (Å²) >= 11 is 13.1. The van der Waals surface area contributed by atoms with Gasteiger partial charge in [-0.3, -0.25) is 10.1 Å². The molecule has 0 atom stereocenters. The molecule has 5 aromatic carbocycles. The Hall–Kier alpha value is -4.35. The van der Waals surface area contributed by atoms with Crippen molar-refractivity contribution in [1.82, 2.24) is 15.2 Å². The summed E-state index contributed by atoms with van der Waals surface area (Å²) in [5.74, 6) is -0.124. The van der Waals surface area contributed by atoms with Crippen LogP contribution in [0.5, 0.6) is 0 Å². The van der Waals surface area contributed by atoms with E-state index >= 15 is 0 Å². The van der Waals surface area contributed by atoms with Crippen molar-refractivity contribution in [1.29, 1.82) is 0 Å². The van der Waals surface area contributed by atoms with E-state index in [4.69, 9.17) is 23.2 Å². The predicted octanol–water partition coefficient (Wildman–Crippen LogP) is 8.35. The molecule has 0 bridgehead atoms. The van der Waals surface area contributed by atoms with E-state index in [2.05, 4.69) is 51.6 Å². The van der Waals surface area contributed by atoms with E-state index in [-0.39, 0.29) is 12.5 Å². The fourth-order valence-electron chi connectivity index (χ4n) is 5.97. The van der Waals surface area contributed by atoms with Gasteiger partial charge in [0.25, 0.3) is 0 Å². The number of benzene rings is 5. The molecule has 0 aliphatic heterocycles. The second-order valence-electron chi connectivity index (χ2n) is 10.5. The molecule has 1 aromatic heterocycles. The summed E-state index contributed by atoms with van der Waals surface area (Å²) < 4.78 is 2.10. The van der Waals surface area contributed by atoms with Gasteiger partial charge in [-0.25, -0.2) is 0 Å². The first kappa shape index (κ1) is 28.8. The number of hydrogen-bond acceptors (Lipinski definition) is 2. The van der Waals surface area contributed by atoms with Gasteiger partial charge in [-0.05, 0) is 41.0 Å². The fourth-order valence-corrected chi connectivity index (χ4v) is 6.37. The minimum atomic E-state index is -0.736. The first-order chi connectivity index (χ1) is 21.0. The van der Waals surface area contributed by atoms with Gasteiger partial charge in [0.2, 0.25) is 5.91 Å². The van der Waals surface area contributed by atoms with E-state index in [0.717, 1.165) is 44.4 Å². The highest BCUT2D eigenvalue weighted by Gasteiger charge is 2.36. The van der Waals surface area contributed by atoms with Crippen LogP contribution < -0.4 is 10.6 Å². The Labute approximate surface area is 261 Å². The Morgan fingerprint density at radius 3 is 1.81 bits per heavy atom. The van der Waals surface area contributed by atoms with Gasteiger partial charge in [-0.15, -0.1) is 0 Å². The molecule has 0 aliphatic rings. The number of rotatable bonds is 9. The zero-order valence-electron chi connectivity index (χ0n) is 23.7. The van der Waals surface area contributed by atoms with Gasteiger partial charge in [-0.1, -0.05) is 132 Å². The number of carbonyl (C=O) groups excluding carboxylic acids is 1. The Morgan fingerprint density at radius 2 is 1.26 bits per heavy atom. The molecule has 0 unspecified atom stereocenters. The van der Waals surface area contributed by atoms with E-state index < -0.39 is 5.54 Å². The summed E-state index contributed by atoms with van der Waals surface area (Å²) in [4.78, 5) is 13.6. The molecule has 0 radical (unpaired) electrons. The van der Waals surface area contributed by atoms with Crippen molar-refractivity contribution in [2.75, 3.05) is 6.54 Å². The summed E-state index contributed by atoms with van der Waals surface area (Å²) in [5, 5.41) is 9.11. The molecule has 1 heterocycles. The molecule has 4 nitrogen and oxygen atoms in total. The third kappa shape index (κ3) is 5.57. The van der Waals surface area contributed by atoms with Crippen LogP contribution in [0.15, 0.2) is 133 Å². The van der Waals surface area contributed by atoms with Gasteiger partial charge in [0.05, 0.1) is 18.6 Å². The molecule has 214 valence electrons. The monoisotopic (exact) mass is 603 g/mol. The molecule has 1 amide bonds. The molecule has 0 fully saturated rings. The molecule has 6 rings (SSSR count). The van der Waals surface area contributed by atoms with Crippen molar-refractivity contribution in [3.63, 3.8) is 0 Å². The topological polar surface area (TPSA) is 46.1 Å². The number of aryl methyl sites for hydroxylation is 1. The van der Waals surface area contributed by atoms with Gasteiger partial charge in [0.1, 0.15) is 0 Å². The van der Waals surface area contributed by atoms with Crippen LogP contribution in [0.25, 0.3) is 22.0 Å². The van der Waals surface area contributed by atoms with Gasteiger partial charge >= 0.3 is 0 Å². The molecule has 43 heavy (non-hydrogen) atoms. The third-order valence-corrected chi connectivity index (χ3v) is 8.58. The minimum absolute atomic E-state index is 0.0931. The van der Waals surface area contributed by atoms with E-state index in [1.54, 1.807) is 0 Å². The highest BCUT2D eigenvalue weighted by molar-refractivity contribution is 6.34. The Balaban J connectivity index is 1.34. The molecule has 2 N–H and O–H groups in total. The zero-order chi connectivity index (χ0) is 29.8. The smallest absolute Gasteiger partial charge is 0.234 e. The molecule has 0 saturated carbocycles. The summed E-state index contributed by atoms with van der Waals surface area (Å²) in [6, 6.07) is 44.4. The van der Waals surface area contributed by atoms with Gasteiger partial charge in [0, 0.05) is 44.8 Å². The number of carbonyl (C=O) groups is 1. The van der Waals surface area contributed by atoms with Crippen LogP contribution in [0.4, 0.5) is 0 Å². The summed E-state index contributed by atoms with van der Waals surface area (Å²) in [6.07, 6.45) is 0. The highest BCUT2D eigenvalue weighted by atomic mass is 35.5. The Morgan fingerprint density at radius 1 is 0.721 bits per heavy atom. The molecule has 0 spiro atoms. The van der Waals surface area contributed by atoms with Crippen LogP contribution >= 0.6 is 23.2 Å². The van der Waals surface area contributed by atoms with Crippen LogP contribution in [0, 0.1) is 0 Å². The highest BCUT2D eigenvalue weighted by Crippen LogP contribution is 2.39. The SMILES string of the molecule is Cn1c(CNC(=O)CNC(c2ccccc2)(c2ccccc2)c2ccccc2)c(-c2ccccc2Cl)c2cc(Cl)ccc21. The normalized spacial score (nSPS) is 11.5. The van der Waals surface area contributed by atoms with Crippen LogP contribution in [0.2, 0.25) is 10.0 Å². The van der Waals surface area contributed by atoms with Crippen LogP contribution in [-0.4, -0.2) is 17.0 Å². The van der Waals surface area contributed by atoms with Crippen molar-refractivity contribution in [2.24, 2.45) is 7.05 Å². The van der Waals surface area contributed by atoms with E-state index in [1.807, 2.05) is 104 Å². The number of halogens is 2. The predicted molar refractivity (Wildman–Crippen MR) is 177 cm³/mol. The lowest BCUT2D eigenvalue weighted by atomic mass is 9.77. The van der Waals surface area contributed by atoms with Crippen LogP contribution in [-0.2, 0) is 23.9 Å². The zero-order valence-corrected chi connectivity index (χ0v) is 25.2. The van der Waals surface area contributed by atoms with Gasteiger partial charge in [-0.2, -0.15) is 0 Å². The second kappa shape index (κ2) is 12.5. The van der Waals surface area contributed by atoms with Crippen molar-refractivity contribution in [2.45, 2.75) is 12.1 Å². The maximum absolute atomic E-state index is 13.6. The number of fused-ring (bicyclic) bond motifs is 1. The Kier molecular flexibility index (Phi) is 8.35. The summed E-state index contributed by atoms with van der Waals surface area (Å²) in [6.45, 7) is 0.411. The van der Waals surface area contributed by atoms with Crippen LogP contribution in [0.1, 0.15) is 22.4 Å². The molecule has 0 aliphatic carbocycles. The standard InChI is InChI=1S/C37H31Cl2N3O/c1-42-33-22-21-29(38)23-31(33)36(30-19-11-12-20-32(30)39)34(42)24-40-35(43)25-41-37(26-13-5-2-6-14-26,27-15-7-3-8-16-27)28-17-9-4-10-18-28/h2-23,41H,24-25H2,1H3,(H,40,43). The number of aromatic nitrogens is 1. The van der Waals surface area contributed by atoms with Crippen molar-refractivity contribution in [3.05, 3.63) is 166 Å². The fraction of sp³-hybridized carbons (Fsp3) is 0.108. The average molecular weight is 605 g/mol. The maximum Gasteiger partial charge on any atom is 0.234 e. The molecular weight excluding hydrogens is 573 g/mol. The third-order valence-electron chi connectivity index (χ3n) is 8.01. The van der Waals surface area contributed by atoms with E-state index in [0.29, 0.717) is 16.6 Å². The average Bonchev–Trinajstić information content (AvgIpc) is 3.32.